The molecule has 0 amide bonds. The lowest BCUT2D eigenvalue weighted by Gasteiger charge is -2.22. The predicted molar refractivity (Wildman–Crippen MR) is 72.9 cm³/mol. The normalized spacial score (nSPS) is 27.7. The summed E-state index contributed by atoms with van der Waals surface area (Å²) in [5.74, 6) is 0.917. The molecule has 1 fully saturated rings. The summed E-state index contributed by atoms with van der Waals surface area (Å²) in [5.41, 5.74) is 2.54. The first-order chi connectivity index (χ1) is 8.83. The lowest BCUT2D eigenvalue weighted by Crippen LogP contribution is -2.40. The molecule has 1 aromatic carbocycles. The number of nitrogens with one attached hydrogen (secondary N) is 1. The lowest BCUT2D eigenvalue weighted by atomic mass is 10.0. The number of rotatable bonds is 2. The van der Waals surface area contributed by atoms with Gasteiger partial charge in [0.2, 0.25) is 5.90 Å². The minimum atomic E-state index is 0.185. The van der Waals surface area contributed by atoms with Gasteiger partial charge in [-0.1, -0.05) is 36.2 Å². The third kappa shape index (κ3) is 2.41. The summed E-state index contributed by atoms with van der Waals surface area (Å²) < 4.78 is 5.78. The summed E-state index contributed by atoms with van der Waals surface area (Å²) in [4.78, 5) is 4.74. The monoisotopic (exact) mass is 244 g/mol. The molecule has 0 saturated carbocycles. The minimum absolute atomic E-state index is 0.185. The van der Waals surface area contributed by atoms with Crippen molar-refractivity contribution in [2.24, 2.45) is 4.99 Å². The quantitative estimate of drug-likeness (QED) is 0.867. The van der Waals surface area contributed by atoms with Gasteiger partial charge >= 0.3 is 0 Å². The van der Waals surface area contributed by atoms with E-state index in [1.54, 1.807) is 0 Å². The van der Waals surface area contributed by atoms with Crippen LogP contribution in [0.4, 0.5) is 0 Å². The zero-order valence-corrected chi connectivity index (χ0v) is 10.9. The van der Waals surface area contributed by atoms with Gasteiger partial charge in [0, 0.05) is 0 Å². The van der Waals surface area contributed by atoms with E-state index in [1.165, 1.54) is 24.0 Å². The molecule has 1 N–H and O–H groups in total. The van der Waals surface area contributed by atoms with Crippen LogP contribution in [0.1, 0.15) is 36.4 Å². The summed E-state index contributed by atoms with van der Waals surface area (Å²) in [6.45, 7) is 3.88. The fraction of sp³-hybridized carbons (Fsp3) is 0.533. The van der Waals surface area contributed by atoms with Gasteiger partial charge in [-0.15, -0.1) is 0 Å². The molecule has 96 valence electrons. The first kappa shape index (κ1) is 11.7. The second kappa shape index (κ2) is 5.11. The van der Waals surface area contributed by atoms with Gasteiger partial charge in [-0.05, 0) is 31.9 Å². The molecule has 2 unspecified atom stereocenters. The van der Waals surface area contributed by atoms with Crippen LogP contribution in [0, 0.1) is 6.92 Å². The van der Waals surface area contributed by atoms with E-state index in [0.717, 1.165) is 18.9 Å². The van der Waals surface area contributed by atoms with Gasteiger partial charge < -0.3 is 10.1 Å². The Morgan fingerprint density at radius 2 is 2.06 bits per heavy atom. The maximum Gasteiger partial charge on any atom is 0.201 e. The molecule has 0 aromatic heterocycles. The van der Waals surface area contributed by atoms with Crippen LogP contribution in [-0.4, -0.2) is 25.1 Å². The van der Waals surface area contributed by atoms with Crippen LogP contribution in [0.25, 0.3) is 0 Å². The molecule has 0 spiro atoms. The summed E-state index contributed by atoms with van der Waals surface area (Å²) in [6, 6.07) is 9.12. The van der Waals surface area contributed by atoms with Crippen LogP contribution in [0.5, 0.6) is 0 Å². The van der Waals surface area contributed by atoms with Crippen molar-refractivity contribution >= 4 is 5.90 Å². The molecule has 0 aliphatic carbocycles. The van der Waals surface area contributed by atoms with Crippen LogP contribution in [0.3, 0.4) is 0 Å². The SMILES string of the molecule is Cc1ccc(C2COC(C3CCCCN3)=N2)cc1. The minimum Gasteiger partial charge on any atom is -0.477 e. The third-order valence-electron chi connectivity index (χ3n) is 3.74. The van der Waals surface area contributed by atoms with Crippen molar-refractivity contribution in [2.75, 3.05) is 13.2 Å². The van der Waals surface area contributed by atoms with Gasteiger partial charge in [0.15, 0.2) is 0 Å². The molecule has 3 nitrogen and oxygen atoms in total. The molecule has 3 rings (SSSR count). The van der Waals surface area contributed by atoms with Crippen LogP contribution in [0.2, 0.25) is 0 Å². The number of aryl methyl sites for hydroxylation is 1. The van der Waals surface area contributed by atoms with Crippen molar-refractivity contribution in [2.45, 2.75) is 38.3 Å². The first-order valence-corrected chi connectivity index (χ1v) is 6.83. The second-order valence-corrected chi connectivity index (χ2v) is 5.21. The van der Waals surface area contributed by atoms with E-state index in [2.05, 4.69) is 36.5 Å². The molecule has 18 heavy (non-hydrogen) atoms. The van der Waals surface area contributed by atoms with E-state index in [0.29, 0.717) is 12.6 Å². The molecule has 1 aromatic rings. The number of ether oxygens (including phenoxy) is 1. The van der Waals surface area contributed by atoms with Crippen molar-refractivity contribution in [1.29, 1.82) is 0 Å². The second-order valence-electron chi connectivity index (χ2n) is 5.21. The average molecular weight is 244 g/mol. The fourth-order valence-electron chi connectivity index (χ4n) is 2.60. The Hall–Kier alpha value is -1.35. The number of hydrogen-bond donors (Lipinski definition) is 1. The van der Waals surface area contributed by atoms with Crippen molar-refractivity contribution in [1.82, 2.24) is 5.32 Å². The van der Waals surface area contributed by atoms with E-state index in [-0.39, 0.29) is 6.04 Å². The van der Waals surface area contributed by atoms with E-state index in [9.17, 15) is 0 Å². The highest BCUT2D eigenvalue weighted by Crippen LogP contribution is 2.25. The highest BCUT2D eigenvalue weighted by molar-refractivity contribution is 5.83. The molecule has 2 heterocycles. The topological polar surface area (TPSA) is 33.6 Å². The average Bonchev–Trinajstić information content (AvgIpc) is 2.90. The van der Waals surface area contributed by atoms with Gasteiger partial charge in [0.25, 0.3) is 0 Å². The molecule has 2 aliphatic heterocycles. The molecule has 0 bridgehead atoms. The predicted octanol–water partition coefficient (Wildman–Crippen LogP) is 2.61. The van der Waals surface area contributed by atoms with Crippen LogP contribution in [-0.2, 0) is 4.74 Å². The van der Waals surface area contributed by atoms with Crippen LogP contribution < -0.4 is 5.32 Å². The van der Waals surface area contributed by atoms with Crippen LogP contribution >= 0.6 is 0 Å². The summed E-state index contributed by atoms with van der Waals surface area (Å²) >= 11 is 0. The van der Waals surface area contributed by atoms with E-state index >= 15 is 0 Å². The van der Waals surface area contributed by atoms with Gasteiger partial charge in [-0.3, -0.25) is 0 Å². The largest absolute Gasteiger partial charge is 0.477 e. The van der Waals surface area contributed by atoms with Gasteiger partial charge in [-0.2, -0.15) is 0 Å². The Balaban J connectivity index is 1.72. The highest BCUT2D eigenvalue weighted by Gasteiger charge is 2.27. The maximum absolute atomic E-state index is 5.78. The lowest BCUT2D eigenvalue weighted by molar-refractivity contribution is 0.293. The molecular weight excluding hydrogens is 224 g/mol. The third-order valence-corrected chi connectivity index (χ3v) is 3.74. The van der Waals surface area contributed by atoms with E-state index < -0.39 is 0 Å². The Morgan fingerprint density at radius 1 is 1.22 bits per heavy atom. The van der Waals surface area contributed by atoms with Crippen molar-refractivity contribution < 1.29 is 4.74 Å². The Kier molecular flexibility index (Phi) is 3.33. The molecule has 2 aliphatic rings. The Bertz CT molecular complexity index is 432. The van der Waals surface area contributed by atoms with Crippen molar-refractivity contribution in [3.05, 3.63) is 35.4 Å². The number of aliphatic imine (C=N–C) groups is 1. The Labute approximate surface area is 108 Å². The molecule has 0 radical (unpaired) electrons. The zero-order chi connectivity index (χ0) is 12.4. The summed E-state index contributed by atoms with van der Waals surface area (Å²) in [5, 5.41) is 3.49. The van der Waals surface area contributed by atoms with Crippen molar-refractivity contribution in [3.63, 3.8) is 0 Å². The van der Waals surface area contributed by atoms with Crippen LogP contribution in [0.15, 0.2) is 29.3 Å². The number of benzene rings is 1. The van der Waals surface area contributed by atoms with Gasteiger partial charge in [0.1, 0.15) is 12.6 Å². The zero-order valence-electron chi connectivity index (χ0n) is 10.9. The standard InChI is InChI=1S/C15H20N2O/c1-11-5-7-12(8-6-11)14-10-18-15(17-14)13-4-2-3-9-16-13/h5-8,13-14,16H,2-4,9-10H2,1H3. The number of piperidine rings is 1. The highest BCUT2D eigenvalue weighted by atomic mass is 16.5. The molecule has 2 atom stereocenters. The summed E-state index contributed by atoms with van der Waals surface area (Å²) in [7, 11) is 0. The van der Waals surface area contributed by atoms with Crippen molar-refractivity contribution in [3.8, 4) is 0 Å². The maximum atomic E-state index is 5.78. The molecule has 1 saturated heterocycles. The van der Waals surface area contributed by atoms with Gasteiger partial charge in [-0.25, -0.2) is 4.99 Å². The van der Waals surface area contributed by atoms with E-state index in [4.69, 9.17) is 9.73 Å². The number of nitrogens with zero attached hydrogens (tertiary/aromatic N) is 1. The van der Waals surface area contributed by atoms with Gasteiger partial charge in [0.05, 0.1) is 6.04 Å². The number of hydrogen-bond acceptors (Lipinski definition) is 3. The summed E-state index contributed by atoms with van der Waals surface area (Å²) in [6.07, 6.45) is 3.69. The Morgan fingerprint density at radius 3 is 2.78 bits per heavy atom. The fourth-order valence-corrected chi connectivity index (χ4v) is 2.60. The molecule has 3 heteroatoms. The van der Waals surface area contributed by atoms with E-state index in [1.807, 2.05) is 0 Å². The smallest absolute Gasteiger partial charge is 0.201 e. The molecular formula is C15H20N2O. The first-order valence-electron chi connectivity index (χ1n) is 6.83.